The van der Waals surface area contributed by atoms with Gasteiger partial charge in [0.2, 0.25) is 5.91 Å². The lowest BCUT2D eigenvalue weighted by molar-refractivity contribution is -0.139. The molecule has 4 rings (SSSR count). The zero-order valence-corrected chi connectivity index (χ0v) is 15.3. The normalized spacial score (nSPS) is 23.9. The number of hydrogen-bond acceptors (Lipinski definition) is 5. The first-order valence-corrected chi connectivity index (χ1v) is 9.61. The summed E-state index contributed by atoms with van der Waals surface area (Å²) in [6.45, 7) is 4.53. The molecule has 7 heteroatoms. The minimum atomic E-state index is -0.0919. The Morgan fingerprint density at radius 3 is 2.50 bits per heavy atom. The Labute approximate surface area is 153 Å². The van der Waals surface area contributed by atoms with Gasteiger partial charge >= 0.3 is 0 Å². The predicted molar refractivity (Wildman–Crippen MR) is 94.5 cm³/mol. The highest BCUT2D eigenvalue weighted by molar-refractivity contribution is 5.92. The van der Waals surface area contributed by atoms with Gasteiger partial charge in [0.25, 0.3) is 5.91 Å². The lowest BCUT2D eigenvalue weighted by Gasteiger charge is -2.38. The fourth-order valence-electron chi connectivity index (χ4n) is 3.98. The molecule has 2 amide bonds. The third-order valence-corrected chi connectivity index (χ3v) is 5.61. The summed E-state index contributed by atoms with van der Waals surface area (Å²) < 4.78 is 5.48. The highest BCUT2D eigenvalue weighted by Gasteiger charge is 2.42. The fourth-order valence-corrected chi connectivity index (χ4v) is 3.98. The first-order chi connectivity index (χ1) is 12.6. The topological polar surface area (TPSA) is 75.6 Å². The molecule has 3 heterocycles. The number of amides is 2. The van der Waals surface area contributed by atoms with Gasteiger partial charge in [-0.15, -0.1) is 0 Å². The number of rotatable bonds is 4. The van der Waals surface area contributed by atoms with Crippen molar-refractivity contribution in [2.45, 2.75) is 51.1 Å². The van der Waals surface area contributed by atoms with Crippen LogP contribution in [0.5, 0.6) is 0 Å². The van der Waals surface area contributed by atoms with Crippen LogP contribution in [-0.2, 0) is 9.53 Å². The van der Waals surface area contributed by atoms with Crippen molar-refractivity contribution in [2.75, 3.05) is 26.3 Å². The largest absolute Gasteiger partial charge is 0.381 e. The molecule has 3 aliphatic rings. The molecule has 1 unspecified atom stereocenters. The molecular weight excluding hydrogens is 332 g/mol. The number of carbonyl (C=O) groups is 2. The van der Waals surface area contributed by atoms with Crippen LogP contribution in [0, 0.1) is 12.8 Å². The Kier molecular flexibility index (Phi) is 4.89. The van der Waals surface area contributed by atoms with Crippen molar-refractivity contribution < 1.29 is 14.3 Å². The molecule has 1 atom stereocenters. The zero-order valence-electron chi connectivity index (χ0n) is 15.3. The van der Waals surface area contributed by atoms with Crippen molar-refractivity contribution in [2.24, 2.45) is 5.92 Å². The van der Waals surface area contributed by atoms with Crippen LogP contribution in [0.1, 0.15) is 48.3 Å². The van der Waals surface area contributed by atoms with Crippen molar-refractivity contribution in [3.63, 3.8) is 0 Å². The fraction of sp³-hybridized carbons (Fsp3) is 0.684. The van der Waals surface area contributed by atoms with Gasteiger partial charge in [0.05, 0.1) is 17.9 Å². The summed E-state index contributed by atoms with van der Waals surface area (Å²) >= 11 is 0. The molecule has 2 aliphatic heterocycles. The van der Waals surface area contributed by atoms with Gasteiger partial charge in [-0.1, -0.05) is 0 Å². The highest BCUT2D eigenvalue weighted by Crippen LogP contribution is 2.35. The van der Waals surface area contributed by atoms with Gasteiger partial charge in [-0.3, -0.25) is 14.6 Å². The maximum atomic E-state index is 12.9. The minimum absolute atomic E-state index is 0.0919. The average Bonchev–Trinajstić information content (AvgIpc) is 3.41. The number of likely N-dealkylation sites (tertiary alicyclic amines) is 1. The molecule has 140 valence electrons. The lowest BCUT2D eigenvalue weighted by atomic mass is 10.0. The molecule has 1 saturated carbocycles. The van der Waals surface area contributed by atoms with Crippen LogP contribution >= 0.6 is 0 Å². The number of nitrogens with zero attached hydrogens (tertiary/aromatic N) is 4. The van der Waals surface area contributed by atoms with E-state index in [2.05, 4.69) is 14.9 Å². The number of carbonyl (C=O) groups excluding carboxylic acids is 2. The average molecular weight is 358 g/mol. The van der Waals surface area contributed by atoms with E-state index in [1.54, 1.807) is 6.20 Å². The third kappa shape index (κ3) is 3.58. The van der Waals surface area contributed by atoms with E-state index in [4.69, 9.17) is 4.74 Å². The Bertz CT molecular complexity index is 668. The summed E-state index contributed by atoms with van der Waals surface area (Å²) in [5.74, 6) is 0.391. The van der Waals surface area contributed by atoms with Crippen LogP contribution < -0.4 is 0 Å². The van der Waals surface area contributed by atoms with Crippen LogP contribution in [0.4, 0.5) is 0 Å². The van der Waals surface area contributed by atoms with Gasteiger partial charge in [-0.2, -0.15) is 0 Å². The molecular formula is C19H26N4O3. The van der Waals surface area contributed by atoms with E-state index >= 15 is 0 Å². The number of aryl methyl sites for hydroxylation is 1. The Morgan fingerprint density at radius 1 is 1.08 bits per heavy atom. The van der Waals surface area contributed by atoms with Crippen molar-refractivity contribution in [3.8, 4) is 0 Å². The maximum Gasteiger partial charge on any atom is 0.274 e. The van der Waals surface area contributed by atoms with E-state index in [0.29, 0.717) is 32.0 Å². The van der Waals surface area contributed by atoms with Gasteiger partial charge in [0.15, 0.2) is 0 Å². The second-order valence-corrected chi connectivity index (χ2v) is 7.60. The highest BCUT2D eigenvalue weighted by atomic mass is 16.5. The molecule has 1 aromatic rings. The smallest absolute Gasteiger partial charge is 0.274 e. The van der Waals surface area contributed by atoms with Crippen LogP contribution in [0.25, 0.3) is 0 Å². The van der Waals surface area contributed by atoms with Gasteiger partial charge in [-0.25, -0.2) is 4.98 Å². The van der Waals surface area contributed by atoms with Gasteiger partial charge in [0.1, 0.15) is 5.69 Å². The van der Waals surface area contributed by atoms with Crippen LogP contribution in [0.15, 0.2) is 12.4 Å². The summed E-state index contributed by atoms with van der Waals surface area (Å²) in [5.41, 5.74) is 1.17. The molecule has 1 aliphatic carbocycles. The van der Waals surface area contributed by atoms with E-state index < -0.39 is 0 Å². The lowest BCUT2D eigenvalue weighted by Crippen LogP contribution is -2.51. The van der Waals surface area contributed by atoms with E-state index in [0.717, 1.165) is 37.8 Å². The quantitative estimate of drug-likeness (QED) is 0.814. The SMILES string of the molecule is Cc1cnc(C(=O)N2CCC(N(C(=O)C3CC3)C3CCOCC3)C2)cn1. The summed E-state index contributed by atoms with van der Waals surface area (Å²) in [6.07, 6.45) is 7.79. The Morgan fingerprint density at radius 2 is 1.85 bits per heavy atom. The Balaban J connectivity index is 1.46. The van der Waals surface area contributed by atoms with E-state index in [1.807, 2.05) is 11.8 Å². The van der Waals surface area contributed by atoms with Crippen molar-refractivity contribution >= 4 is 11.8 Å². The van der Waals surface area contributed by atoms with Crippen molar-refractivity contribution in [3.05, 3.63) is 23.8 Å². The molecule has 2 saturated heterocycles. The predicted octanol–water partition coefficient (Wildman–Crippen LogP) is 1.42. The molecule has 0 aromatic carbocycles. The van der Waals surface area contributed by atoms with Crippen molar-refractivity contribution in [1.82, 2.24) is 19.8 Å². The third-order valence-electron chi connectivity index (χ3n) is 5.61. The molecule has 0 N–H and O–H groups in total. The maximum absolute atomic E-state index is 12.9. The van der Waals surface area contributed by atoms with Gasteiger partial charge < -0.3 is 14.5 Å². The van der Waals surface area contributed by atoms with Crippen LogP contribution in [-0.4, -0.2) is 70.0 Å². The number of ether oxygens (including phenoxy) is 1. The Hall–Kier alpha value is -2.02. The molecule has 0 bridgehead atoms. The van der Waals surface area contributed by atoms with Crippen LogP contribution in [0.2, 0.25) is 0 Å². The first kappa shape index (κ1) is 17.4. The standard InChI is InChI=1S/C19H26N4O3/c1-13-10-21-17(11-20-13)19(25)22-7-4-16(12-22)23(18(24)14-2-3-14)15-5-8-26-9-6-15/h10-11,14-16H,2-9,12H2,1H3. The summed E-state index contributed by atoms with van der Waals surface area (Å²) in [5, 5.41) is 0. The first-order valence-electron chi connectivity index (χ1n) is 9.61. The number of hydrogen-bond donors (Lipinski definition) is 0. The van der Waals surface area contributed by atoms with Crippen LogP contribution in [0.3, 0.4) is 0 Å². The van der Waals surface area contributed by atoms with Gasteiger partial charge in [0, 0.05) is 44.5 Å². The summed E-state index contributed by atoms with van der Waals surface area (Å²) in [4.78, 5) is 38.0. The monoisotopic (exact) mass is 358 g/mol. The molecule has 7 nitrogen and oxygen atoms in total. The molecule has 1 aromatic heterocycles. The molecule has 0 spiro atoms. The molecule has 26 heavy (non-hydrogen) atoms. The minimum Gasteiger partial charge on any atom is -0.381 e. The summed E-state index contributed by atoms with van der Waals surface area (Å²) in [7, 11) is 0. The second kappa shape index (κ2) is 7.31. The number of aromatic nitrogens is 2. The van der Waals surface area contributed by atoms with E-state index in [1.165, 1.54) is 6.20 Å². The molecule has 0 radical (unpaired) electrons. The molecule has 3 fully saturated rings. The summed E-state index contributed by atoms with van der Waals surface area (Å²) in [6, 6.07) is 0.352. The van der Waals surface area contributed by atoms with E-state index in [9.17, 15) is 9.59 Å². The zero-order chi connectivity index (χ0) is 18.1. The van der Waals surface area contributed by atoms with Gasteiger partial charge in [-0.05, 0) is 39.0 Å². The van der Waals surface area contributed by atoms with Crippen molar-refractivity contribution in [1.29, 1.82) is 0 Å². The van der Waals surface area contributed by atoms with E-state index in [-0.39, 0.29) is 29.8 Å². The second-order valence-electron chi connectivity index (χ2n) is 7.60.